The van der Waals surface area contributed by atoms with Crippen LogP contribution < -0.4 is 9.64 Å². The number of hydrogen-bond acceptors (Lipinski definition) is 3. The highest BCUT2D eigenvalue weighted by Gasteiger charge is 2.50. The fourth-order valence-electron chi connectivity index (χ4n) is 4.39. The van der Waals surface area contributed by atoms with Gasteiger partial charge in [-0.25, -0.2) is 4.79 Å². The summed E-state index contributed by atoms with van der Waals surface area (Å²) >= 11 is 0. The first-order valence-electron chi connectivity index (χ1n) is 11.1. The van der Waals surface area contributed by atoms with Gasteiger partial charge in [0.2, 0.25) is 5.91 Å². The van der Waals surface area contributed by atoms with Crippen molar-refractivity contribution in [3.8, 4) is 5.75 Å². The molecule has 168 valence electrons. The van der Waals surface area contributed by atoms with E-state index in [2.05, 4.69) is 12.1 Å². The van der Waals surface area contributed by atoms with Crippen LogP contribution in [-0.4, -0.2) is 30.1 Å². The highest BCUT2D eigenvalue weighted by Crippen LogP contribution is 2.40. The Balaban J connectivity index is 1.62. The monoisotopic (exact) mass is 441 g/mol. The zero-order chi connectivity index (χ0) is 23.2. The normalized spacial score (nSPS) is 18.0. The number of aryl methyl sites for hydroxylation is 1. The average Bonchev–Trinajstić information content (AvgIpc) is 2.85. The molecule has 0 radical (unpaired) electrons. The van der Waals surface area contributed by atoms with Gasteiger partial charge in [-0.3, -0.25) is 4.79 Å². The summed E-state index contributed by atoms with van der Waals surface area (Å²) in [5.41, 5.74) is 2.91. The predicted octanol–water partition coefficient (Wildman–Crippen LogP) is 5.22. The largest absolute Gasteiger partial charge is 0.497 e. The lowest BCUT2D eigenvalue weighted by Gasteiger charge is -2.47. The molecule has 1 aliphatic heterocycles. The molecule has 1 fully saturated rings. The lowest BCUT2D eigenvalue weighted by atomic mass is 9.77. The molecule has 1 aliphatic rings. The van der Waals surface area contributed by atoms with Gasteiger partial charge in [-0.15, -0.1) is 0 Å². The molecule has 2 atom stereocenters. The minimum Gasteiger partial charge on any atom is -0.497 e. The Labute approximate surface area is 193 Å². The van der Waals surface area contributed by atoms with Crippen molar-refractivity contribution in [1.82, 2.24) is 0 Å². The minimum atomic E-state index is -1.01. The molecule has 2 unspecified atom stereocenters. The number of methoxy groups -OCH3 is 1. The number of carbonyl (C=O) groups excluding carboxylic acids is 1. The summed E-state index contributed by atoms with van der Waals surface area (Å²) in [6.45, 7) is 0. The molecule has 1 heterocycles. The number of ether oxygens (including phenoxy) is 1. The molecule has 1 N–H and O–H groups in total. The van der Waals surface area contributed by atoms with Crippen molar-refractivity contribution in [3.63, 3.8) is 0 Å². The van der Waals surface area contributed by atoms with Crippen LogP contribution in [0.3, 0.4) is 0 Å². The summed E-state index contributed by atoms with van der Waals surface area (Å²) in [5.74, 6) is -0.746. The highest BCUT2D eigenvalue weighted by molar-refractivity contribution is 6.09. The van der Waals surface area contributed by atoms with Crippen LogP contribution in [0.5, 0.6) is 5.75 Å². The number of hydrogen-bond donors (Lipinski definition) is 1. The fraction of sp³-hybridized carbons (Fsp3) is 0.214. The van der Waals surface area contributed by atoms with Gasteiger partial charge in [-0.2, -0.15) is 0 Å². The van der Waals surface area contributed by atoms with Gasteiger partial charge < -0.3 is 14.7 Å². The van der Waals surface area contributed by atoms with Crippen LogP contribution in [-0.2, 0) is 16.0 Å². The van der Waals surface area contributed by atoms with Crippen LogP contribution in [0.4, 0.5) is 5.69 Å². The van der Waals surface area contributed by atoms with Crippen LogP contribution in [0.15, 0.2) is 90.5 Å². The van der Waals surface area contributed by atoms with E-state index in [1.807, 2.05) is 48.5 Å². The SMILES string of the molecule is COc1ccc(N2C(=O)C(CCCc3ccccc3)C2C(=Cc2ccccc2)C(=O)O)cc1. The smallest absolute Gasteiger partial charge is 0.333 e. The molecule has 5 nitrogen and oxygen atoms in total. The van der Waals surface area contributed by atoms with Crippen LogP contribution >= 0.6 is 0 Å². The van der Waals surface area contributed by atoms with Crippen molar-refractivity contribution in [2.75, 3.05) is 12.0 Å². The second kappa shape index (κ2) is 10.2. The van der Waals surface area contributed by atoms with Gasteiger partial charge in [0, 0.05) is 5.69 Å². The molecule has 3 aromatic carbocycles. The Kier molecular flexibility index (Phi) is 6.89. The highest BCUT2D eigenvalue weighted by atomic mass is 16.5. The maximum atomic E-state index is 13.2. The molecule has 4 rings (SSSR count). The van der Waals surface area contributed by atoms with E-state index in [9.17, 15) is 14.7 Å². The molecule has 0 bridgehead atoms. The van der Waals surface area contributed by atoms with Gasteiger partial charge in [0.25, 0.3) is 0 Å². The van der Waals surface area contributed by atoms with E-state index in [1.54, 1.807) is 42.4 Å². The predicted molar refractivity (Wildman–Crippen MR) is 129 cm³/mol. The van der Waals surface area contributed by atoms with Crippen LogP contribution in [0, 0.1) is 5.92 Å². The third-order valence-corrected chi connectivity index (χ3v) is 6.08. The average molecular weight is 442 g/mol. The van der Waals surface area contributed by atoms with Gasteiger partial charge in [0.15, 0.2) is 0 Å². The second-order valence-corrected chi connectivity index (χ2v) is 8.15. The lowest BCUT2D eigenvalue weighted by molar-refractivity contribution is -0.135. The van der Waals surface area contributed by atoms with Gasteiger partial charge in [0.05, 0.1) is 24.6 Å². The molecule has 5 heteroatoms. The number of benzene rings is 3. The molecule has 0 aromatic heterocycles. The maximum absolute atomic E-state index is 13.2. The first kappa shape index (κ1) is 22.3. The van der Waals surface area contributed by atoms with E-state index >= 15 is 0 Å². The number of nitrogens with zero attached hydrogens (tertiary/aromatic N) is 1. The van der Waals surface area contributed by atoms with E-state index in [0.717, 1.165) is 18.4 Å². The molecule has 0 saturated carbocycles. The molecule has 1 amide bonds. The molecule has 33 heavy (non-hydrogen) atoms. The van der Waals surface area contributed by atoms with Crippen molar-refractivity contribution in [1.29, 1.82) is 0 Å². The Morgan fingerprint density at radius 2 is 1.61 bits per heavy atom. The number of carboxylic acids is 1. The molecule has 0 aliphatic carbocycles. The Hall–Kier alpha value is -3.86. The molecular weight excluding hydrogens is 414 g/mol. The number of carbonyl (C=O) groups is 2. The number of rotatable bonds is 9. The third-order valence-electron chi connectivity index (χ3n) is 6.08. The quantitative estimate of drug-likeness (QED) is 0.365. The van der Waals surface area contributed by atoms with Crippen molar-refractivity contribution in [2.45, 2.75) is 25.3 Å². The Bertz CT molecular complexity index is 1120. The van der Waals surface area contributed by atoms with Gasteiger partial charge in [-0.05, 0) is 60.7 Å². The van der Waals surface area contributed by atoms with Crippen molar-refractivity contribution in [2.24, 2.45) is 5.92 Å². The molecular formula is C28H27NO4. The van der Waals surface area contributed by atoms with Gasteiger partial charge in [-0.1, -0.05) is 60.7 Å². The van der Waals surface area contributed by atoms with Crippen LogP contribution in [0.1, 0.15) is 24.0 Å². The first-order valence-corrected chi connectivity index (χ1v) is 11.1. The standard InChI is InChI=1S/C28H27NO4/c1-33-23-17-15-22(16-18-23)29-26(25(28(31)32)19-21-11-6-3-7-12-21)24(27(29)30)14-8-13-20-9-4-2-5-10-20/h2-7,9-12,15-19,24,26H,8,13-14H2,1H3,(H,31,32). The molecule has 0 spiro atoms. The Morgan fingerprint density at radius 1 is 0.970 bits per heavy atom. The van der Waals surface area contributed by atoms with E-state index in [0.29, 0.717) is 17.9 Å². The van der Waals surface area contributed by atoms with E-state index in [4.69, 9.17) is 4.74 Å². The van der Waals surface area contributed by atoms with E-state index in [1.165, 1.54) is 5.56 Å². The summed E-state index contributed by atoms with van der Waals surface area (Å²) in [7, 11) is 1.58. The summed E-state index contributed by atoms with van der Waals surface area (Å²) in [5, 5.41) is 10.1. The number of anilines is 1. The number of carboxylic acid groups (broad SMARTS) is 1. The summed E-state index contributed by atoms with van der Waals surface area (Å²) < 4.78 is 5.23. The van der Waals surface area contributed by atoms with Crippen LogP contribution in [0.2, 0.25) is 0 Å². The summed E-state index contributed by atoms with van der Waals surface area (Å²) in [6, 6.07) is 26.1. The number of β-lactam (4-membered cyclic amide) rings is 1. The minimum absolute atomic E-state index is 0.0431. The van der Waals surface area contributed by atoms with E-state index < -0.39 is 12.0 Å². The summed E-state index contributed by atoms with van der Waals surface area (Å²) in [4.78, 5) is 27.2. The molecule has 1 saturated heterocycles. The maximum Gasteiger partial charge on any atom is 0.333 e. The number of amides is 1. The topological polar surface area (TPSA) is 66.8 Å². The number of aliphatic carboxylic acids is 1. The van der Waals surface area contributed by atoms with Crippen molar-refractivity contribution in [3.05, 3.63) is 102 Å². The Morgan fingerprint density at radius 3 is 2.21 bits per heavy atom. The zero-order valence-corrected chi connectivity index (χ0v) is 18.6. The second-order valence-electron chi connectivity index (χ2n) is 8.15. The summed E-state index contributed by atoms with van der Waals surface area (Å²) in [6.07, 6.45) is 3.97. The van der Waals surface area contributed by atoms with E-state index in [-0.39, 0.29) is 17.4 Å². The zero-order valence-electron chi connectivity index (χ0n) is 18.6. The lowest BCUT2D eigenvalue weighted by Crippen LogP contribution is -2.63. The van der Waals surface area contributed by atoms with Gasteiger partial charge in [0.1, 0.15) is 5.75 Å². The van der Waals surface area contributed by atoms with Crippen molar-refractivity contribution >= 4 is 23.6 Å². The van der Waals surface area contributed by atoms with Crippen molar-refractivity contribution < 1.29 is 19.4 Å². The fourth-order valence-corrected chi connectivity index (χ4v) is 4.39. The van der Waals surface area contributed by atoms with Crippen LogP contribution in [0.25, 0.3) is 6.08 Å². The first-order chi connectivity index (χ1) is 16.1. The third kappa shape index (κ3) is 4.98. The van der Waals surface area contributed by atoms with Gasteiger partial charge >= 0.3 is 5.97 Å². The molecule has 3 aromatic rings.